The van der Waals surface area contributed by atoms with Crippen LogP contribution in [0.4, 0.5) is 0 Å². The van der Waals surface area contributed by atoms with Crippen LogP contribution in [0.5, 0.6) is 0 Å². The van der Waals surface area contributed by atoms with E-state index in [0.29, 0.717) is 0 Å². The van der Waals surface area contributed by atoms with E-state index < -0.39 is 73.6 Å². The van der Waals surface area contributed by atoms with E-state index in [0.717, 1.165) is 0 Å². The highest BCUT2D eigenvalue weighted by Crippen LogP contribution is 2.19. The van der Waals surface area contributed by atoms with Gasteiger partial charge in [0.2, 0.25) is 11.8 Å². The summed E-state index contributed by atoms with van der Waals surface area (Å²) in [5.41, 5.74) is -6.33. The molecule has 0 aliphatic carbocycles. The largest absolute Gasteiger partial charge is 0.394 e. The van der Waals surface area contributed by atoms with Gasteiger partial charge in [0.15, 0.2) is 11.1 Å². The quantitative estimate of drug-likeness (QED) is 0.153. The standard InChI is InChI=1S/C16H32N4O8/c1-13(2,11(27)17-15(5-21,6-22)7-23)19-20-14(3,4)12(28)18-16(8-24,9-25)10-26/h21-26H,5-10H2,1-4H3,(H,17,27)(H,18,28). The molecular formula is C16H32N4O8. The van der Waals surface area contributed by atoms with Gasteiger partial charge in [-0.05, 0) is 27.7 Å². The van der Waals surface area contributed by atoms with Gasteiger partial charge in [-0.2, -0.15) is 10.2 Å². The van der Waals surface area contributed by atoms with E-state index in [4.69, 9.17) is 0 Å². The smallest absolute Gasteiger partial charge is 0.249 e. The van der Waals surface area contributed by atoms with Crippen molar-refractivity contribution in [2.45, 2.75) is 49.9 Å². The van der Waals surface area contributed by atoms with E-state index in [-0.39, 0.29) is 0 Å². The molecule has 12 nitrogen and oxygen atoms in total. The van der Waals surface area contributed by atoms with Crippen LogP contribution < -0.4 is 10.6 Å². The van der Waals surface area contributed by atoms with Gasteiger partial charge in [0.25, 0.3) is 0 Å². The summed E-state index contributed by atoms with van der Waals surface area (Å²) in [6.07, 6.45) is 0. The molecule has 0 bridgehead atoms. The maximum absolute atomic E-state index is 12.4. The first kappa shape index (κ1) is 26.3. The normalized spacial score (nSPS) is 13.6. The molecule has 12 heteroatoms. The van der Waals surface area contributed by atoms with Crippen molar-refractivity contribution in [1.82, 2.24) is 10.6 Å². The topological polar surface area (TPSA) is 204 Å². The summed E-state index contributed by atoms with van der Waals surface area (Å²) in [5, 5.41) is 68.1. The molecule has 0 saturated heterocycles. The Morgan fingerprint density at radius 1 is 0.607 bits per heavy atom. The van der Waals surface area contributed by atoms with E-state index in [2.05, 4.69) is 20.9 Å². The molecule has 0 aromatic rings. The van der Waals surface area contributed by atoms with Gasteiger partial charge in [0.05, 0.1) is 39.6 Å². The Bertz CT molecular complexity index is 492. The number of azo groups is 1. The van der Waals surface area contributed by atoms with E-state index >= 15 is 0 Å². The Balaban J connectivity index is 5.39. The van der Waals surface area contributed by atoms with Gasteiger partial charge in [-0.1, -0.05) is 0 Å². The molecule has 8 N–H and O–H groups in total. The Labute approximate surface area is 163 Å². The van der Waals surface area contributed by atoms with Crippen molar-refractivity contribution in [2.24, 2.45) is 10.2 Å². The maximum atomic E-state index is 12.4. The number of hydrogen-bond donors (Lipinski definition) is 8. The molecule has 0 aromatic carbocycles. The van der Waals surface area contributed by atoms with Crippen molar-refractivity contribution >= 4 is 11.8 Å². The number of nitrogens with one attached hydrogen (secondary N) is 2. The number of nitrogens with zero attached hydrogens (tertiary/aromatic N) is 2. The highest BCUT2D eigenvalue weighted by atomic mass is 16.3. The average molecular weight is 408 g/mol. The Kier molecular flexibility index (Phi) is 9.57. The molecule has 0 heterocycles. The number of carbonyl (C=O) groups excluding carboxylic acids is 2. The van der Waals surface area contributed by atoms with Crippen molar-refractivity contribution in [3.8, 4) is 0 Å². The predicted molar refractivity (Wildman–Crippen MR) is 97.3 cm³/mol. The number of rotatable bonds is 12. The molecule has 0 spiro atoms. The van der Waals surface area contributed by atoms with Crippen LogP contribution in [0.15, 0.2) is 10.2 Å². The SMILES string of the molecule is CC(C)(N=NC(C)(C)C(=O)NC(CO)(CO)CO)C(=O)NC(CO)(CO)CO. The van der Waals surface area contributed by atoms with Crippen molar-refractivity contribution in [3.05, 3.63) is 0 Å². The fourth-order valence-electron chi connectivity index (χ4n) is 1.67. The average Bonchev–Trinajstić information content (AvgIpc) is 2.68. The van der Waals surface area contributed by atoms with Crippen LogP contribution in [0.3, 0.4) is 0 Å². The van der Waals surface area contributed by atoms with Gasteiger partial charge >= 0.3 is 0 Å². The van der Waals surface area contributed by atoms with E-state index in [1.165, 1.54) is 27.7 Å². The highest BCUT2D eigenvalue weighted by molar-refractivity contribution is 5.87. The molecule has 0 atom stereocenters. The number of aliphatic hydroxyl groups excluding tert-OH is 6. The van der Waals surface area contributed by atoms with E-state index in [1.54, 1.807) is 0 Å². The summed E-state index contributed by atoms with van der Waals surface area (Å²) in [6, 6.07) is 0. The molecule has 28 heavy (non-hydrogen) atoms. The summed E-state index contributed by atoms with van der Waals surface area (Å²) in [6.45, 7) is 1.23. The molecule has 0 aromatic heterocycles. The minimum Gasteiger partial charge on any atom is -0.394 e. The van der Waals surface area contributed by atoms with Gasteiger partial charge in [-0.25, -0.2) is 0 Å². The lowest BCUT2D eigenvalue weighted by Crippen LogP contribution is -2.61. The van der Waals surface area contributed by atoms with Gasteiger partial charge in [0, 0.05) is 0 Å². The summed E-state index contributed by atoms with van der Waals surface area (Å²) >= 11 is 0. The van der Waals surface area contributed by atoms with Gasteiger partial charge in [-0.15, -0.1) is 0 Å². The summed E-state index contributed by atoms with van der Waals surface area (Å²) < 4.78 is 0. The first-order valence-corrected chi connectivity index (χ1v) is 8.57. The predicted octanol–water partition coefficient (Wildman–Crippen LogP) is -3.34. The molecule has 164 valence electrons. The first-order valence-electron chi connectivity index (χ1n) is 8.57. The van der Waals surface area contributed by atoms with Crippen molar-refractivity contribution < 1.29 is 40.2 Å². The third-order valence-electron chi connectivity index (χ3n) is 4.23. The first-order chi connectivity index (χ1) is 12.8. The van der Waals surface area contributed by atoms with Gasteiger partial charge in [0.1, 0.15) is 11.1 Å². The second-order valence-corrected chi connectivity index (χ2v) is 7.74. The van der Waals surface area contributed by atoms with Crippen LogP contribution in [0.2, 0.25) is 0 Å². The molecule has 0 saturated carbocycles. The zero-order valence-corrected chi connectivity index (χ0v) is 16.6. The number of hydrogen-bond acceptors (Lipinski definition) is 10. The van der Waals surface area contributed by atoms with Crippen LogP contribution >= 0.6 is 0 Å². The van der Waals surface area contributed by atoms with Crippen LogP contribution in [-0.4, -0.2) is 104 Å². The minimum absolute atomic E-state index is 0.710. The molecule has 2 amide bonds. The lowest BCUT2D eigenvalue weighted by molar-refractivity contribution is -0.131. The lowest BCUT2D eigenvalue weighted by atomic mass is 9.98. The highest BCUT2D eigenvalue weighted by Gasteiger charge is 2.39. The summed E-state index contributed by atoms with van der Waals surface area (Å²) in [4.78, 5) is 24.8. The number of aliphatic hydroxyl groups is 6. The Hall–Kier alpha value is -1.70. The van der Waals surface area contributed by atoms with Crippen molar-refractivity contribution in [2.75, 3.05) is 39.6 Å². The van der Waals surface area contributed by atoms with E-state index in [9.17, 15) is 40.2 Å². The molecule has 0 radical (unpaired) electrons. The second kappa shape index (κ2) is 10.2. The number of carbonyl (C=O) groups is 2. The fourth-order valence-corrected chi connectivity index (χ4v) is 1.67. The maximum Gasteiger partial charge on any atom is 0.249 e. The Morgan fingerprint density at radius 3 is 1.00 bits per heavy atom. The number of amides is 2. The third kappa shape index (κ3) is 6.43. The van der Waals surface area contributed by atoms with Crippen LogP contribution in [-0.2, 0) is 9.59 Å². The lowest BCUT2D eigenvalue weighted by Gasteiger charge is -2.33. The zero-order valence-electron chi connectivity index (χ0n) is 16.6. The molecule has 0 unspecified atom stereocenters. The molecule has 0 rings (SSSR count). The van der Waals surface area contributed by atoms with Crippen LogP contribution in [0.1, 0.15) is 27.7 Å². The fraction of sp³-hybridized carbons (Fsp3) is 0.875. The molecular weight excluding hydrogens is 376 g/mol. The van der Waals surface area contributed by atoms with Gasteiger partial charge in [-0.3, -0.25) is 9.59 Å². The molecule has 0 aliphatic rings. The monoisotopic (exact) mass is 408 g/mol. The van der Waals surface area contributed by atoms with Crippen LogP contribution in [0, 0.1) is 0 Å². The zero-order chi connectivity index (χ0) is 22.2. The Morgan fingerprint density at radius 2 is 0.821 bits per heavy atom. The van der Waals surface area contributed by atoms with Crippen molar-refractivity contribution in [1.29, 1.82) is 0 Å². The summed E-state index contributed by atoms with van der Waals surface area (Å²) in [5.74, 6) is -1.53. The minimum atomic E-state index is -1.64. The van der Waals surface area contributed by atoms with E-state index in [1.807, 2.05) is 0 Å². The summed E-state index contributed by atoms with van der Waals surface area (Å²) in [7, 11) is 0. The van der Waals surface area contributed by atoms with Crippen molar-refractivity contribution in [3.63, 3.8) is 0 Å². The molecule has 0 aliphatic heterocycles. The third-order valence-corrected chi connectivity index (χ3v) is 4.23. The van der Waals surface area contributed by atoms with Gasteiger partial charge < -0.3 is 41.3 Å². The second-order valence-electron chi connectivity index (χ2n) is 7.74. The van der Waals surface area contributed by atoms with Crippen LogP contribution in [0.25, 0.3) is 0 Å². The molecule has 0 fully saturated rings.